The molecule has 4 heteroatoms. The van der Waals surface area contributed by atoms with Crippen molar-refractivity contribution in [3.05, 3.63) is 24.3 Å². The van der Waals surface area contributed by atoms with Crippen molar-refractivity contribution >= 4 is 27.4 Å². The van der Waals surface area contributed by atoms with Gasteiger partial charge in [-0.15, -0.1) is 0 Å². The van der Waals surface area contributed by atoms with E-state index >= 15 is 0 Å². The van der Waals surface area contributed by atoms with E-state index in [1.54, 1.807) is 11.5 Å². The predicted octanol–water partition coefficient (Wildman–Crippen LogP) is 3.12. The highest BCUT2D eigenvalue weighted by molar-refractivity contribution is 7.11. The zero-order valence-corrected chi connectivity index (χ0v) is 12.2. The van der Waals surface area contributed by atoms with Crippen molar-refractivity contribution in [3.63, 3.8) is 0 Å². The molecule has 1 aliphatic heterocycles. The summed E-state index contributed by atoms with van der Waals surface area (Å²) in [7, 11) is 0. The largest absolute Gasteiger partial charge is 0.362 e. The number of rotatable bonds is 4. The first-order valence-corrected chi connectivity index (χ1v) is 7.96. The van der Waals surface area contributed by atoms with Crippen LogP contribution < -0.4 is 10.2 Å². The molecule has 0 unspecified atom stereocenters. The number of hydrogen-bond donors (Lipinski definition) is 1. The lowest BCUT2D eigenvalue weighted by Gasteiger charge is -2.29. The Kier molecular flexibility index (Phi) is 3.99. The third-order valence-corrected chi connectivity index (χ3v) is 4.91. The van der Waals surface area contributed by atoms with Crippen molar-refractivity contribution in [2.75, 3.05) is 31.1 Å². The van der Waals surface area contributed by atoms with E-state index in [1.165, 1.54) is 42.9 Å². The third kappa shape index (κ3) is 2.74. The van der Waals surface area contributed by atoms with E-state index in [2.05, 4.69) is 45.8 Å². The Bertz CT molecular complexity index is 531. The summed E-state index contributed by atoms with van der Waals surface area (Å²) in [4.78, 5) is 2.51. The highest BCUT2D eigenvalue weighted by atomic mass is 32.1. The van der Waals surface area contributed by atoms with E-state index in [0.717, 1.165) is 18.0 Å². The average molecular weight is 275 g/mol. The lowest BCUT2D eigenvalue weighted by molar-refractivity contribution is 0.375. The number of benzene rings is 1. The quantitative estimate of drug-likeness (QED) is 0.929. The lowest BCUT2D eigenvalue weighted by Crippen LogP contribution is -2.36. The molecule has 1 saturated heterocycles. The van der Waals surface area contributed by atoms with Crippen molar-refractivity contribution in [1.82, 2.24) is 9.69 Å². The smallest absolute Gasteiger partial charge is 0.119 e. The number of anilines is 1. The Morgan fingerprint density at radius 3 is 2.89 bits per heavy atom. The van der Waals surface area contributed by atoms with Gasteiger partial charge in [-0.3, -0.25) is 0 Å². The van der Waals surface area contributed by atoms with Gasteiger partial charge in [0.2, 0.25) is 0 Å². The summed E-state index contributed by atoms with van der Waals surface area (Å²) in [5.41, 5.74) is 1.13. The summed E-state index contributed by atoms with van der Waals surface area (Å²) in [5.74, 6) is 0.821. The second kappa shape index (κ2) is 5.88. The molecule has 2 aromatic rings. The van der Waals surface area contributed by atoms with Gasteiger partial charge in [0.15, 0.2) is 0 Å². The average Bonchev–Trinajstić information content (AvgIpc) is 2.90. The summed E-state index contributed by atoms with van der Waals surface area (Å²) in [6.07, 6.45) is 2.60. The molecule has 0 amide bonds. The Balaban J connectivity index is 1.81. The van der Waals surface area contributed by atoms with E-state index in [1.807, 2.05) is 0 Å². The van der Waals surface area contributed by atoms with Crippen molar-refractivity contribution in [2.24, 2.45) is 5.92 Å². The first-order chi connectivity index (χ1) is 9.38. The number of nitrogens with one attached hydrogen (secondary N) is 1. The number of hydrogen-bond acceptors (Lipinski definition) is 4. The van der Waals surface area contributed by atoms with Gasteiger partial charge < -0.3 is 10.2 Å². The van der Waals surface area contributed by atoms with Crippen LogP contribution in [0.25, 0.3) is 10.9 Å². The maximum Gasteiger partial charge on any atom is 0.119 e. The van der Waals surface area contributed by atoms with Gasteiger partial charge in [0, 0.05) is 18.5 Å². The monoisotopic (exact) mass is 275 g/mol. The van der Waals surface area contributed by atoms with Crippen molar-refractivity contribution < 1.29 is 0 Å². The van der Waals surface area contributed by atoms with Crippen molar-refractivity contribution in [1.29, 1.82) is 0 Å². The maximum atomic E-state index is 4.57. The summed E-state index contributed by atoms with van der Waals surface area (Å²) in [6, 6.07) is 8.47. The van der Waals surface area contributed by atoms with Crippen LogP contribution in [0.1, 0.15) is 19.8 Å². The molecule has 0 saturated carbocycles. The van der Waals surface area contributed by atoms with E-state index < -0.39 is 0 Å². The molecular formula is C15H21N3S. The minimum Gasteiger partial charge on any atom is -0.362 e. The standard InChI is InChI=1S/C15H21N3S/c1-2-18(11-12-7-9-16-10-8-12)15-13-5-3-4-6-14(13)17-19-15/h3-6,12,16H,2,7-11H2,1H3. The molecule has 2 heterocycles. The van der Waals surface area contributed by atoms with Crippen LogP contribution in [0.15, 0.2) is 24.3 Å². The van der Waals surface area contributed by atoms with Crippen LogP contribution in [0, 0.1) is 5.92 Å². The van der Waals surface area contributed by atoms with Gasteiger partial charge in [-0.05, 0) is 62.4 Å². The minimum atomic E-state index is 0.821. The van der Waals surface area contributed by atoms with Gasteiger partial charge in [0.25, 0.3) is 0 Å². The van der Waals surface area contributed by atoms with Crippen molar-refractivity contribution in [3.8, 4) is 0 Å². The molecule has 19 heavy (non-hydrogen) atoms. The lowest BCUT2D eigenvalue weighted by atomic mass is 9.97. The molecule has 0 radical (unpaired) electrons. The highest BCUT2D eigenvalue weighted by Gasteiger charge is 2.19. The van der Waals surface area contributed by atoms with Crippen LogP contribution >= 0.6 is 11.5 Å². The zero-order valence-electron chi connectivity index (χ0n) is 11.4. The first-order valence-electron chi connectivity index (χ1n) is 7.18. The third-order valence-electron chi connectivity index (χ3n) is 3.97. The van der Waals surface area contributed by atoms with Gasteiger partial charge in [-0.25, -0.2) is 0 Å². The topological polar surface area (TPSA) is 28.2 Å². The van der Waals surface area contributed by atoms with Crippen LogP contribution in [0.2, 0.25) is 0 Å². The molecule has 1 aromatic heterocycles. The van der Waals surface area contributed by atoms with Crippen molar-refractivity contribution in [2.45, 2.75) is 19.8 Å². The Hall–Kier alpha value is -1.13. The molecule has 3 rings (SSSR count). The summed E-state index contributed by atoms with van der Waals surface area (Å²) in [5, 5.41) is 6.09. The molecule has 102 valence electrons. The van der Waals surface area contributed by atoms with Gasteiger partial charge in [-0.2, -0.15) is 4.37 Å². The molecule has 1 fully saturated rings. The molecule has 0 spiro atoms. The number of nitrogens with zero attached hydrogens (tertiary/aromatic N) is 2. The van der Waals surface area contributed by atoms with E-state index in [0.29, 0.717) is 0 Å². The number of piperidine rings is 1. The first kappa shape index (κ1) is 12.9. The molecule has 1 N–H and O–H groups in total. The van der Waals surface area contributed by atoms with E-state index in [-0.39, 0.29) is 0 Å². The van der Waals surface area contributed by atoms with Gasteiger partial charge in [-0.1, -0.05) is 12.1 Å². The second-order valence-electron chi connectivity index (χ2n) is 5.24. The molecule has 1 aromatic carbocycles. The summed E-state index contributed by atoms with van der Waals surface area (Å²) < 4.78 is 4.57. The zero-order chi connectivity index (χ0) is 13.1. The Morgan fingerprint density at radius 2 is 2.11 bits per heavy atom. The van der Waals surface area contributed by atoms with Crippen LogP contribution in [0.4, 0.5) is 5.00 Å². The predicted molar refractivity (Wildman–Crippen MR) is 83.1 cm³/mol. The number of fused-ring (bicyclic) bond motifs is 1. The Morgan fingerprint density at radius 1 is 1.32 bits per heavy atom. The fraction of sp³-hybridized carbons (Fsp3) is 0.533. The van der Waals surface area contributed by atoms with Gasteiger partial charge >= 0.3 is 0 Å². The van der Waals surface area contributed by atoms with Crippen LogP contribution in [0.5, 0.6) is 0 Å². The maximum absolute atomic E-state index is 4.57. The molecule has 0 atom stereocenters. The fourth-order valence-corrected chi connectivity index (χ4v) is 3.77. The van der Waals surface area contributed by atoms with E-state index in [4.69, 9.17) is 0 Å². The van der Waals surface area contributed by atoms with E-state index in [9.17, 15) is 0 Å². The molecule has 3 nitrogen and oxygen atoms in total. The van der Waals surface area contributed by atoms with Crippen LogP contribution in [-0.4, -0.2) is 30.6 Å². The van der Waals surface area contributed by atoms with Crippen LogP contribution in [0.3, 0.4) is 0 Å². The fourth-order valence-electron chi connectivity index (χ4n) is 2.84. The summed E-state index contributed by atoms with van der Waals surface area (Å²) in [6.45, 7) is 6.83. The molecule has 0 bridgehead atoms. The molecule has 1 aliphatic rings. The normalized spacial score (nSPS) is 16.9. The SMILES string of the molecule is CCN(CC1CCNCC1)c1snc2ccccc12. The van der Waals surface area contributed by atoms with Gasteiger partial charge in [0.05, 0.1) is 5.52 Å². The Labute approximate surface area is 118 Å². The van der Waals surface area contributed by atoms with Gasteiger partial charge in [0.1, 0.15) is 5.00 Å². The molecule has 0 aliphatic carbocycles. The number of aromatic nitrogens is 1. The minimum absolute atomic E-state index is 0.821. The highest BCUT2D eigenvalue weighted by Crippen LogP contribution is 2.32. The summed E-state index contributed by atoms with van der Waals surface area (Å²) >= 11 is 1.64. The van der Waals surface area contributed by atoms with Crippen LogP contribution in [-0.2, 0) is 0 Å². The second-order valence-corrected chi connectivity index (χ2v) is 5.99. The molecular weight excluding hydrogens is 254 g/mol.